The Kier molecular flexibility index (Phi) is 3.20. The Bertz CT molecular complexity index is 733. The van der Waals surface area contributed by atoms with Gasteiger partial charge in [-0.05, 0) is 0 Å². The molecule has 1 aromatic carbocycles. The topological polar surface area (TPSA) is 47.8 Å². The van der Waals surface area contributed by atoms with E-state index in [9.17, 15) is 4.79 Å². The highest BCUT2D eigenvalue weighted by atomic mass is 32.1. The molecule has 0 aliphatic rings. The predicted octanol–water partition coefficient (Wildman–Crippen LogP) is 2.42. The van der Waals surface area contributed by atoms with Gasteiger partial charge in [0, 0.05) is 28.9 Å². The van der Waals surface area contributed by atoms with E-state index in [2.05, 4.69) is 9.97 Å². The SMILES string of the molecule is O=c1ccncn1Cc1cnc(-c2ccccc2)s1. The van der Waals surface area contributed by atoms with Crippen LogP contribution in [-0.4, -0.2) is 14.5 Å². The lowest BCUT2D eigenvalue weighted by Crippen LogP contribution is -2.18. The average molecular weight is 269 g/mol. The molecule has 5 heteroatoms. The van der Waals surface area contributed by atoms with Crippen molar-refractivity contribution < 1.29 is 0 Å². The molecule has 4 nitrogen and oxygen atoms in total. The van der Waals surface area contributed by atoms with Crippen LogP contribution in [0.1, 0.15) is 4.88 Å². The molecule has 19 heavy (non-hydrogen) atoms. The van der Waals surface area contributed by atoms with Crippen LogP contribution in [0, 0.1) is 0 Å². The maximum Gasteiger partial charge on any atom is 0.253 e. The lowest BCUT2D eigenvalue weighted by Gasteiger charge is -2.00. The van der Waals surface area contributed by atoms with Crippen LogP contribution in [-0.2, 0) is 6.54 Å². The lowest BCUT2D eigenvalue weighted by atomic mass is 10.2. The molecule has 0 saturated carbocycles. The number of aromatic nitrogens is 3. The van der Waals surface area contributed by atoms with Gasteiger partial charge in [0.2, 0.25) is 0 Å². The summed E-state index contributed by atoms with van der Waals surface area (Å²) in [5, 5.41) is 0.965. The van der Waals surface area contributed by atoms with Gasteiger partial charge in [-0.1, -0.05) is 30.3 Å². The first-order valence-electron chi connectivity index (χ1n) is 5.83. The van der Waals surface area contributed by atoms with Gasteiger partial charge in [0.1, 0.15) is 5.01 Å². The molecular weight excluding hydrogens is 258 g/mol. The first kappa shape index (κ1) is 11.8. The van der Waals surface area contributed by atoms with Crippen molar-refractivity contribution in [3.8, 4) is 10.6 Å². The molecule has 0 aliphatic carbocycles. The van der Waals surface area contributed by atoms with E-state index in [4.69, 9.17) is 0 Å². The number of thiazole rings is 1. The summed E-state index contributed by atoms with van der Waals surface area (Å²) in [6, 6.07) is 11.5. The molecule has 0 radical (unpaired) electrons. The maximum absolute atomic E-state index is 11.6. The number of hydrogen-bond donors (Lipinski definition) is 0. The van der Waals surface area contributed by atoms with E-state index in [0.29, 0.717) is 6.54 Å². The molecule has 3 aromatic rings. The van der Waals surface area contributed by atoms with Gasteiger partial charge in [-0.2, -0.15) is 0 Å². The quantitative estimate of drug-likeness (QED) is 0.733. The second-order valence-electron chi connectivity index (χ2n) is 4.04. The van der Waals surface area contributed by atoms with Crippen LogP contribution in [0.3, 0.4) is 0 Å². The van der Waals surface area contributed by atoms with E-state index in [1.54, 1.807) is 22.2 Å². The minimum absolute atomic E-state index is 0.0512. The third-order valence-corrected chi connectivity index (χ3v) is 3.72. The molecule has 0 saturated heterocycles. The normalized spacial score (nSPS) is 10.5. The standard InChI is InChI=1S/C14H11N3OS/c18-13-6-7-15-10-17(13)9-12-8-16-14(19-12)11-4-2-1-3-5-11/h1-8,10H,9H2. The smallest absolute Gasteiger partial charge is 0.253 e. The molecule has 2 aromatic heterocycles. The second-order valence-corrected chi connectivity index (χ2v) is 5.16. The first-order chi connectivity index (χ1) is 9.33. The summed E-state index contributed by atoms with van der Waals surface area (Å²) in [5.41, 5.74) is 1.04. The Balaban J connectivity index is 1.87. The van der Waals surface area contributed by atoms with Gasteiger partial charge in [-0.3, -0.25) is 9.36 Å². The highest BCUT2D eigenvalue weighted by Gasteiger charge is 2.05. The van der Waals surface area contributed by atoms with Crippen molar-refractivity contribution in [1.82, 2.24) is 14.5 Å². The van der Waals surface area contributed by atoms with Gasteiger partial charge in [-0.25, -0.2) is 9.97 Å². The van der Waals surface area contributed by atoms with Crippen molar-refractivity contribution in [2.45, 2.75) is 6.54 Å². The van der Waals surface area contributed by atoms with Gasteiger partial charge >= 0.3 is 0 Å². The lowest BCUT2D eigenvalue weighted by molar-refractivity contribution is 0.744. The summed E-state index contributed by atoms with van der Waals surface area (Å²) in [6.45, 7) is 0.511. The summed E-state index contributed by atoms with van der Waals surface area (Å²) in [7, 11) is 0. The number of nitrogens with zero attached hydrogens (tertiary/aromatic N) is 3. The fraction of sp³-hybridized carbons (Fsp3) is 0.0714. The predicted molar refractivity (Wildman–Crippen MR) is 75.1 cm³/mol. The highest BCUT2D eigenvalue weighted by molar-refractivity contribution is 7.15. The number of hydrogen-bond acceptors (Lipinski definition) is 4. The number of benzene rings is 1. The number of rotatable bonds is 3. The second kappa shape index (κ2) is 5.16. The summed E-state index contributed by atoms with van der Waals surface area (Å²) < 4.78 is 1.57. The fourth-order valence-corrected chi connectivity index (χ4v) is 2.68. The van der Waals surface area contributed by atoms with Crippen LogP contribution in [0.2, 0.25) is 0 Å². The third kappa shape index (κ3) is 2.61. The average Bonchev–Trinajstić information content (AvgIpc) is 2.91. The fourth-order valence-electron chi connectivity index (χ4n) is 1.76. The van der Waals surface area contributed by atoms with E-state index in [1.807, 2.05) is 36.5 Å². The van der Waals surface area contributed by atoms with E-state index in [0.717, 1.165) is 15.4 Å². The van der Waals surface area contributed by atoms with E-state index in [1.165, 1.54) is 12.3 Å². The molecule has 0 unspecified atom stereocenters. The zero-order chi connectivity index (χ0) is 13.1. The van der Waals surface area contributed by atoms with Crippen LogP contribution in [0.25, 0.3) is 10.6 Å². The molecule has 94 valence electrons. The van der Waals surface area contributed by atoms with E-state index in [-0.39, 0.29) is 5.56 Å². The van der Waals surface area contributed by atoms with Crippen LogP contribution in [0.15, 0.2) is 59.9 Å². The van der Waals surface area contributed by atoms with Gasteiger partial charge < -0.3 is 0 Å². The van der Waals surface area contributed by atoms with Gasteiger partial charge in [0.25, 0.3) is 5.56 Å². The largest absolute Gasteiger partial charge is 0.294 e. The van der Waals surface area contributed by atoms with Crippen LogP contribution in [0.5, 0.6) is 0 Å². The van der Waals surface area contributed by atoms with Gasteiger partial charge in [0.05, 0.1) is 12.9 Å². The van der Waals surface area contributed by atoms with Crippen molar-refractivity contribution in [2.24, 2.45) is 0 Å². The Morgan fingerprint density at radius 2 is 2.00 bits per heavy atom. The Hall–Kier alpha value is -2.27. The van der Waals surface area contributed by atoms with Crippen molar-refractivity contribution in [1.29, 1.82) is 0 Å². The molecule has 2 heterocycles. The van der Waals surface area contributed by atoms with Crippen LogP contribution >= 0.6 is 11.3 Å². The highest BCUT2D eigenvalue weighted by Crippen LogP contribution is 2.24. The molecule has 0 amide bonds. The van der Waals surface area contributed by atoms with Crippen molar-refractivity contribution >= 4 is 11.3 Å². The summed E-state index contributed by atoms with van der Waals surface area (Å²) >= 11 is 1.59. The summed E-state index contributed by atoms with van der Waals surface area (Å²) in [4.78, 5) is 21.0. The first-order valence-corrected chi connectivity index (χ1v) is 6.65. The van der Waals surface area contributed by atoms with E-state index < -0.39 is 0 Å². The third-order valence-electron chi connectivity index (χ3n) is 2.69. The Morgan fingerprint density at radius 1 is 1.16 bits per heavy atom. The van der Waals surface area contributed by atoms with E-state index >= 15 is 0 Å². The molecule has 0 fully saturated rings. The van der Waals surface area contributed by atoms with Crippen molar-refractivity contribution in [2.75, 3.05) is 0 Å². The zero-order valence-corrected chi connectivity index (χ0v) is 10.9. The van der Waals surface area contributed by atoms with Crippen LogP contribution < -0.4 is 5.56 Å². The maximum atomic E-state index is 11.6. The summed E-state index contributed by atoms with van der Waals surface area (Å²) in [5.74, 6) is 0. The molecule has 0 aliphatic heterocycles. The van der Waals surface area contributed by atoms with Crippen LogP contribution in [0.4, 0.5) is 0 Å². The molecular formula is C14H11N3OS. The molecule has 3 rings (SSSR count). The minimum Gasteiger partial charge on any atom is -0.294 e. The monoisotopic (exact) mass is 269 g/mol. The molecule has 0 atom stereocenters. The zero-order valence-electron chi connectivity index (χ0n) is 10.1. The minimum atomic E-state index is -0.0512. The van der Waals surface area contributed by atoms with Crippen molar-refractivity contribution in [3.63, 3.8) is 0 Å². The van der Waals surface area contributed by atoms with Gasteiger partial charge in [-0.15, -0.1) is 11.3 Å². The summed E-state index contributed by atoms with van der Waals surface area (Å²) in [6.07, 6.45) is 4.86. The molecule has 0 spiro atoms. The van der Waals surface area contributed by atoms with Gasteiger partial charge in [0.15, 0.2) is 0 Å². The molecule has 0 bridgehead atoms. The Morgan fingerprint density at radius 3 is 2.79 bits per heavy atom. The Labute approximate surface area is 114 Å². The molecule has 0 N–H and O–H groups in total. The van der Waals surface area contributed by atoms with Crippen molar-refractivity contribution in [3.05, 3.63) is 70.4 Å².